The number of nitrogens with one attached hydrogen (secondary N) is 1. The number of aromatic amines is 1. The molecule has 0 radical (unpaired) electrons. The fraction of sp³-hybridized carbons (Fsp3) is 0.500. The van der Waals surface area contributed by atoms with Crippen LogP contribution in [0.1, 0.15) is 13.8 Å². The maximum absolute atomic E-state index is 11.5. The number of anilines is 1. The summed E-state index contributed by atoms with van der Waals surface area (Å²) in [5, 5.41) is 2.50. The van der Waals surface area contributed by atoms with Crippen LogP contribution in [0.4, 0.5) is 11.5 Å². The Labute approximate surface area is 84.9 Å². The molecule has 82 valence electrons. The molecule has 0 unspecified atom stereocenters. The number of nitrogens with zero attached hydrogens (tertiary/aromatic N) is 2. The zero-order valence-corrected chi connectivity index (χ0v) is 8.48. The Balaban J connectivity index is 3.46. The summed E-state index contributed by atoms with van der Waals surface area (Å²) in [5.41, 5.74) is 3.44. The highest BCUT2D eigenvalue weighted by Gasteiger charge is 2.13. The van der Waals surface area contributed by atoms with Crippen LogP contribution in [0.15, 0.2) is 14.8 Å². The molecule has 0 spiro atoms. The quantitative estimate of drug-likeness (QED) is 0.696. The Morgan fingerprint density at radius 1 is 1.47 bits per heavy atom. The topological polar surface area (TPSA) is 110 Å². The van der Waals surface area contributed by atoms with Crippen molar-refractivity contribution in [2.24, 2.45) is 11.1 Å². The van der Waals surface area contributed by atoms with Crippen LogP contribution >= 0.6 is 0 Å². The molecule has 0 aliphatic carbocycles. The molecule has 0 aliphatic rings. The van der Waals surface area contributed by atoms with Gasteiger partial charge < -0.3 is 5.73 Å². The van der Waals surface area contributed by atoms with E-state index in [9.17, 15) is 14.5 Å². The minimum Gasteiger partial charge on any atom is -0.383 e. The van der Waals surface area contributed by atoms with Gasteiger partial charge in [0, 0.05) is 6.54 Å². The first-order chi connectivity index (χ1) is 6.97. The summed E-state index contributed by atoms with van der Waals surface area (Å²) < 4.78 is 0.914. The molecule has 1 aromatic rings. The molecular weight excluding hydrogens is 200 g/mol. The Bertz CT molecular complexity index is 486. The van der Waals surface area contributed by atoms with E-state index in [1.54, 1.807) is 0 Å². The number of aromatic nitrogens is 2. The van der Waals surface area contributed by atoms with Gasteiger partial charge in [0.15, 0.2) is 0 Å². The zero-order valence-electron chi connectivity index (χ0n) is 8.48. The first-order valence-electron chi connectivity index (χ1n) is 4.43. The molecule has 1 aromatic heterocycles. The van der Waals surface area contributed by atoms with E-state index >= 15 is 0 Å². The predicted molar refractivity (Wildman–Crippen MR) is 56.0 cm³/mol. The number of nitrogen functional groups attached to an aromatic ring is 1. The SMILES string of the molecule is CC(C)Cn1c(=O)[nH]c(N)c(N=O)c1=O. The van der Waals surface area contributed by atoms with E-state index in [1.807, 2.05) is 13.8 Å². The van der Waals surface area contributed by atoms with Gasteiger partial charge in [0.25, 0.3) is 5.56 Å². The molecule has 0 fully saturated rings. The molecular formula is C8H12N4O3. The van der Waals surface area contributed by atoms with E-state index in [-0.39, 0.29) is 18.3 Å². The van der Waals surface area contributed by atoms with Gasteiger partial charge in [-0.25, -0.2) is 4.79 Å². The highest BCUT2D eigenvalue weighted by molar-refractivity contribution is 5.54. The summed E-state index contributed by atoms with van der Waals surface area (Å²) >= 11 is 0. The van der Waals surface area contributed by atoms with E-state index < -0.39 is 16.9 Å². The van der Waals surface area contributed by atoms with Gasteiger partial charge in [0.05, 0.1) is 0 Å². The highest BCUT2D eigenvalue weighted by Crippen LogP contribution is 2.10. The van der Waals surface area contributed by atoms with Gasteiger partial charge in [-0.15, -0.1) is 4.91 Å². The molecule has 0 saturated carbocycles. The molecule has 0 saturated heterocycles. The lowest BCUT2D eigenvalue weighted by atomic mass is 10.2. The predicted octanol–water partition coefficient (Wildman–Crippen LogP) is 0.173. The second-order valence-electron chi connectivity index (χ2n) is 3.59. The number of rotatable bonds is 3. The van der Waals surface area contributed by atoms with Crippen LogP contribution in [-0.4, -0.2) is 9.55 Å². The molecule has 15 heavy (non-hydrogen) atoms. The molecule has 1 heterocycles. The minimum atomic E-state index is -0.750. The number of nitrogens with two attached hydrogens (primary N) is 1. The van der Waals surface area contributed by atoms with Crippen molar-refractivity contribution in [3.8, 4) is 0 Å². The summed E-state index contributed by atoms with van der Waals surface area (Å²) in [7, 11) is 0. The molecule has 0 amide bonds. The smallest absolute Gasteiger partial charge is 0.330 e. The summed E-state index contributed by atoms with van der Waals surface area (Å²) in [6, 6.07) is 0. The lowest BCUT2D eigenvalue weighted by molar-refractivity contribution is 0.493. The number of nitroso groups, excluding NO2 is 1. The molecule has 0 bridgehead atoms. The fourth-order valence-electron chi connectivity index (χ4n) is 1.20. The van der Waals surface area contributed by atoms with Gasteiger partial charge in [-0.1, -0.05) is 13.8 Å². The Morgan fingerprint density at radius 2 is 2.07 bits per heavy atom. The molecule has 7 heteroatoms. The van der Waals surface area contributed by atoms with Crippen molar-refractivity contribution in [2.75, 3.05) is 5.73 Å². The van der Waals surface area contributed by atoms with Crippen molar-refractivity contribution in [1.29, 1.82) is 0 Å². The summed E-state index contributed by atoms with van der Waals surface area (Å²) in [6.45, 7) is 3.91. The van der Waals surface area contributed by atoms with E-state index in [2.05, 4.69) is 10.2 Å². The van der Waals surface area contributed by atoms with Crippen molar-refractivity contribution in [2.45, 2.75) is 20.4 Å². The summed E-state index contributed by atoms with van der Waals surface area (Å²) in [5.74, 6) is -0.188. The van der Waals surface area contributed by atoms with Crippen LogP contribution in [0.2, 0.25) is 0 Å². The lowest BCUT2D eigenvalue weighted by Gasteiger charge is -2.07. The molecule has 0 aromatic carbocycles. The van der Waals surface area contributed by atoms with Gasteiger partial charge in [-0.05, 0) is 11.1 Å². The summed E-state index contributed by atoms with van der Waals surface area (Å²) in [6.07, 6.45) is 0. The molecule has 3 N–H and O–H groups in total. The van der Waals surface area contributed by atoms with Crippen LogP contribution in [0, 0.1) is 10.8 Å². The van der Waals surface area contributed by atoms with Crippen LogP contribution in [0.5, 0.6) is 0 Å². The first kappa shape index (κ1) is 11.2. The summed E-state index contributed by atoms with van der Waals surface area (Å²) in [4.78, 5) is 35.4. The van der Waals surface area contributed by atoms with Crippen LogP contribution in [0.25, 0.3) is 0 Å². The normalized spacial score (nSPS) is 10.6. The van der Waals surface area contributed by atoms with Crippen LogP contribution < -0.4 is 17.0 Å². The number of H-pyrrole nitrogens is 1. The average Bonchev–Trinajstić information content (AvgIpc) is 2.12. The maximum atomic E-state index is 11.5. The number of hydrogen-bond donors (Lipinski definition) is 2. The molecule has 0 aliphatic heterocycles. The van der Waals surface area contributed by atoms with Gasteiger partial charge in [-0.3, -0.25) is 14.3 Å². The van der Waals surface area contributed by atoms with Crippen molar-refractivity contribution < 1.29 is 0 Å². The Kier molecular flexibility index (Phi) is 3.03. The van der Waals surface area contributed by atoms with Crippen LogP contribution in [0.3, 0.4) is 0 Å². The molecule has 7 nitrogen and oxygen atoms in total. The Morgan fingerprint density at radius 3 is 2.53 bits per heavy atom. The molecule has 1 rings (SSSR count). The van der Waals surface area contributed by atoms with Gasteiger partial charge in [-0.2, -0.15) is 0 Å². The lowest BCUT2D eigenvalue weighted by Crippen LogP contribution is -2.36. The second-order valence-corrected chi connectivity index (χ2v) is 3.59. The van der Waals surface area contributed by atoms with E-state index in [0.717, 1.165) is 4.57 Å². The zero-order chi connectivity index (χ0) is 11.6. The average molecular weight is 212 g/mol. The van der Waals surface area contributed by atoms with Crippen molar-refractivity contribution in [1.82, 2.24) is 9.55 Å². The Hall–Kier alpha value is -1.92. The van der Waals surface area contributed by atoms with Crippen LogP contribution in [-0.2, 0) is 6.54 Å². The van der Waals surface area contributed by atoms with Crippen molar-refractivity contribution in [3.05, 3.63) is 25.7 Å². The minimum absolute atomic E-state index is 0.104. The first-order valence-corrected chi connectivity index (χ1v) is 4.43. The van der Waals surface area contributed by atoms with E-state index in [0.29, 0.717) is 0 Å². The van der Waals surface area contributed by atoms with Gasteiger partial charge in [0.1, 0.15) is 5.82 Å². The van der Waals surface area contributed by atoms with Crippen molar-refractivity contribution in [3.63, 3.8) is 0 Å². The molecule has 0 atom stereocenters. The van der Waals surface area contributed by atoms with Gasteiger partial charge in [0.2, 0.25) is 5.69 Å². The second kappa shape index (κ2) is 4.07. The third kappa shape index (κ3) is 2.12. The number of hydrogen-bond acceptors (Lipinski definition) is 5. The largest absolute Gasteiger partial charge is 0.383 e. The third-order valence-corrected chi connectivity index (χ3v) is 1.83. The van der Waals surface area contributed by atoms with E-state index in [1.165, 1.54) is 0 Å². The fourth-order valence-corrected chi connectivity index (χ4v) is 1.20. The monoisotopic (exact) mass is 212 g/mol. The van der Waals surface area contributed by atoms with Crippen molar-refractivity contribution >= 4 is 11.5 Å². The van der Waals surface area contributed by atoms with E-state index in [4.69, 9.17) is 5.73 Å². The third-order valence-electron chi connectivity index (χ3n) is 1.83. The maximum Gasteiger partial charge on any atom is 0.330 e. The highest BCUT2D eigenvalue weighted by atomic mass is 16.3. The standard InChI is InChI=1S/C8H12N4O3/c1-4(2)3-12-7(13)5(11-15)6(9)10-8(12)14/h4H,3,9H2,1-2H3,(H,10,14). The van der Waals surface area contributed by atoms with Gasteiger partial charge >= 0.3 is 5.69 Å².